The molecule has 1 aliphatic heterocycles. The number of amides is 3. The molecule has 0 unspecified atom stereocenters. The van der Waals surface area contributed by atoms with E-state index in [1.165, 1.54) is 0 Å². The molecule has 14 heteroatoms. The number of aryl methyl sites for hydroxylation is 1. The fourth-order valence-electron chi connectivity index (χ4n) is 4.96. The molecule has 9 nitrogen and oxygen atoms in total. The summed E-state index contributed by atoms with van der Waals surface area (Å²) in [5.41, 5.74) is 2.48. The van der Waals surface area contributed by atoms with Crippen molar-refractivity contribution in [3.63, 3.8) is 0 Å². The molecule has 2 heterocycles. The molecule has 3 amide bonds. The topological polar surface area (TPSA) is 119 Å². The summed E-state index contributed by atoms with van der Waals surface area (Å²) in [6.07, 6.45) is -0.151. The van der Waals surface area contributed by atoms with Gasteiger partial charge < -0.3 is 14.8 Å². The van der Waals surface area contributed by atoms with E-state index in [1.807, 2.05) is 31.2 Å². The molecule has 1 atom stereocenters. The van der Waals surface area contributed by atoms with Gasteiger partial charge in [0.2, 0.25) is 0 Å². The maximum Gasteiger partial charge on any atom is 0.341 e. The Labute approximate surface area is 293 Å². The van der Waals surface area contributed by atoms with E-state index in [2.05, 4.69) is 5.32 Å². The fraction of sp³-hybridized carbons (Fsp3) is 0.182. The van der Waals surface area contributed by atoms with Gasteiger partial charge in [0.1, 0.15) is 16.6 Å². The van der Waals surface area contributed by atoms with E-state index in [1.54, 1.807) is 42.6 Å². The Bertz CT molecular complexity index is 1870. The van der Waals surface area contributed by atoms with Gasteiger partial charge in [-0.05, 0) is 25.0 Å². The number of rotatable bonds is 10. The number of esters is 2. The van der Waals surface area contributed by atoms with Crippen molar-refractivity contribution >= 4 is 92.4 Å². The average Bonchev–Trinajstić information content (AvgIpc) is 3.59. The third kappa shape index (κ3) is 6.88. The molecule has 1 aromatic heterocycles. The Morgan fingerprint density at radius 3 is 2.02 bits per heavy atom. The summed E-state index contributed by atoms with van der Waals surface area (Å²) in [5.74, 6) is -4.33. The number of ether oxygens (including phenoxy) is 2. The number of carbonyl (C=O) groups is 5. The summed E-state index contributed by atoms with van der Waals surface area (Å²) in [6, 6.07) is 14.5. The van der Waals surface area contributed by atoms with Gasteiger partial charge in [-0.1, -0.05) is 107 Å². The summed E-state index contributed by atoms with van der Waals surface area (Å²) >= 11 is 26.0. The Balaban J connectivity index is 1.39. The molecular formula is C33H24Cl4N2O7S. The number of anilines is 1. The van der Waals surface area contributed by atoms with Crippen LogP contribution in [0.5, 0.6) is 0 Å². The van der Waals surface area contributed by atoms with E-state index in [4.69, 9.17) is 55.9 Å². The second-order valence-electron chi connectivity index (χ2n) is 10.3. The van der Waals surface area contributed by atoms with Crippen LogP contribution in [-0.2, 0) is 25.5 Å². The van der Waals surface area contributed by atoms with E-state index < -0.39 is 42.3 Å². The third-order valence-electron chi connectivity index (χ3n) is 7.22. The molecule has 1 aliphatic rings. The van der Waals surface area contributed by atoms with Gasteiger partial charge in [0, 0.05) is 17.4 Å². The van der Waals surface area contributed by atoms with Crippen LogP contribution in [0.2, 0.25) is 20.1 Å². The minimum absolute atomic E-state index is 0.114. The van der Waals surface area contributed by atoms with Crippen LogP contribution in [-0.4, -0.2) is 53.8 Å². The van der Waals surface area contributed by atoms with Crippen LogP contribution in [0.15, 0.2) is 60.0 Å². The monoisotopic (exact) mass is 732 g/mol. The highest BCUT2D eigenvalue weighted by molar-refractivity contribution is 7.15. The van der Waals surface area contributed by atoms with Gasteiger partial charge in [0.25, 0.3) is 17.7 Å². The SMILES string of the molecule is CCOC(=O)c1c(-c2ccc(C)cc2)csc1NC(=O)COC(=O)[C@@H](Cc1ccccc1)N1C(=O)c2c(Cl)c(Cl)c(Cl)c(Cl)c2C1=O. The Morgan fingerprint density at radius 1 is 0.851 bits per heavy atom. The largest absolute Gasteiger partial charge is 0.462 e. The summed E-state index contributed by atoms with van der Waals surface area (Å²) in [7, 11) is 0. The van der Waals surface area contributed by atoms with Crippen molar-refractivity contribution in [2.24, 2.45) is 0 Å². The Morgan fingerprint density at radius 2 is 1.45 bits per heavy atom. The Hall–Kier alpha value is -3.93. The number of carbonyl (C=O) groups excluding carboxylic acids is 5. The summed E-state index contributed by atoms with van der Waals surface area (Å²) in [4.78, 5) is 67.4. The molecule has 0 radical (unpaired) electrons. The molecule has 0 saturated heterocycles. The fourth-order valence-corrected chi connectivity index (χ4v) is 6.95. The molecule has 3 aromatic carbocycles. The minimum atomic E-state index is -1.52. The molecule has 5 rings (SSSR count). The molecule has 1 N–H and O–H groups in total. The first-order chi connectivity index (χ1) is 22.4. The zero-order chi connectivity index (χ0) is 34.0. The molecule has 4 aromatic rings. The quantitative estimate of drug-likeness (QED) is 0.0762. The van der Waals surface area contributed by atoms with Crippen molar-refractivity contribution in [3.8, 4) is 11.1 Å². The number of fused-ring (bicyclic) bond motifs is 1. The number of nitrogens with one attached hydrogen (secondary N) is 1. The highest BCUT2D eigenvalue weighted by Gasteiger charge is 2.47. The van der Waals surface area contributed by atoms with Crippen LogP contribution in [0.1, 0.15) is 49.1 Å². The van der Waals surface area contributed by atoms with Crippen LogP contribution >= 0.6 is 57.7 Å². The van der Waals surface area contributed by atoms with Crippen molar-refractivity contribution in [3.05, 3.63) is 108 Å². The summed E-state index contributed by atoms with van der Waals surface area (Å²) < 4.78 is 10.6. The predicted molar refractivity (Wildman–Crippen MR) is 181 cm³/mol. The molecule has 47 heavy (non-hydrogen) atoms. The van der Waals surface area contributed by atoms with Crippen LogP contribution in [0, 0.1) is 6.92 Å². The first kappa shape index (κ1) is 34.4. The van der Waals surface area contributed by atoms with E-state index in [0.29, 0.717) is 16.0 Å². The zero-order valence-electron chi connectivity index (χ0n) is 24.7. The lowest BCUT2D eigenvalue weighted by atomic mass is 10.0. The van der Waals surface area contributed by atoms with Gasteiger partial charge in [-0.2, -0.15) is 0 Å². The summed E-state index contributed by atoms with van der Waals surface area (Å²) in [6.45, 7) is 2.92. The summed E-state index contributed by atoms with van der Waals surface area (Å²) in [5, 5.41) is 3.50. The van der Waals surface area contributed by atoms with Gasteiger partial charge in [-0.25, -0.2) is 9.59 Å². The number of hydrogen-bond acceptors (Lipinski definition) is 8. The van der Waals surface area contributed by atoms with E-state index >= 15 is 0 Å². The lowest BCUT2D eigenvalue weighted by molar-refractivity contribution is -0.151. The molecular weight excluding hydrogens is 710 g/mol. The number of imide groups is 1. The van der Waals surface area contributed by atoms with Crippen molar-refractivity contribution in [2.45, 2.75) is 26.3 Å². The predicted octanol–water partition coefficient (Wildman–Crippen LogP) is 7.90. The lowest BCUT2D eigenvalue weighted by Crippen LogP contribution is -2.47. The van der Waals surface area contributed by atoms with Crippen LogP contribution < -0.4 is 5.32 Å². The van der Waals surface area contributed by atoms with Crippen LogP contribution in [0.25, 0.3) is 11.1 Å². The van der Waals surface area contributed by atoms with Gasteiger partial charge in [-0.3, -0.25) is 19.3 Å². The second kappa shape index (κ2) is 14.5. The first-order valence-corrected chi connectivity index (χ1v) is 16.4. The van der Waals surface area contributed by atoms with Crippen LogP contribution in [0.3, 0.4) is 0 Å². The minimum Gasteiger partial charge on any atom is -0.462 e. The Kier molecular flexibility index (Phi) is 10.6. The number of halogens is 4. The first-order valence-electron chi connectivity index (χ1n) is 14.0. The van der Waals surface area contributed by atoms with Gasteiger partial charge in [-0.15, -0.1) is 11.3 Å². The number of thiophene rings is 1. The molecule has 0 spiro atoms. The number of hydrogen-bond donors (Lipinski definition) is 1. The molecule has 0 saturated carbocycles. The van der Waals surface area contributed by atoms with Crippen LogP contribution in [0.4, 0.5) is 5.00 Å². The number of benzene rings is 3. The van der Waals surface area contributed by atoms with Gasteiger partial charge >= 0.3 is 11.9 Å². The van der Waals surface area contributed by atoms with Crippen molar-refractivity contribution in [1.82, 2.24) is 4.90 Å². The van der Waals surface area contributed by atoms with Crippen molar-refractivity contribution in [2.75, 3.05) is 18.5 Å². The molecule has 0 bridgehead atoms. The second-order valence-corrected chi connectivity index (χ2v) is 12.7. The maximum atomic E-state index is 13.6. The molecule has 0 aliphatic carbocycles. The van der Waals surface area contributed by atoms with Gasteiger partial charge in [0.05, 0.1) is 37.8 Å². The van der Waals surface area contributed by atoms with Crippen molar-refractivity contribution < 1.29 is 33.4 Å². The average molecular weight is 734 g/mol. The number of nitrogens with zero attached hydrogens (tertiary/aromatic N) is 1. The molecule has 242 valence electrons. The third-order valence-corrected chi connectivity index (χ3v) is 9.92. The van der Waals surface area contributed by atoms with E-state index in [9.17, 15) is 24.0 Å². The zero-order valence-corrected chi connectivity index (χ0v) is 28.5. The highest BCUT2D eigenvalue weighted by atomic mass is 35.5. The van der Waals surface area contributed by atoms with E-state index in [-0.39, 0.29) is 54.8 Å². The van der Waals surface area contributed by atoms with E-state index in [0.717, 1.165) is 22.5 Å². The normalized spacial score (nSPS) is 12.9. The smallest absolute Gasteiger partial charge is 0.341 e. The molecule has 0 fully saturated rings. The standard InChI is InChI=1S/C33H24Cl4N2O7S/c1-3-45-33(44)22-19(18-11-9-16(2)10-12-18)15-47-29(22)38-21(40)14-46-32(43)20(13-17-7-5-4-6-8-17)39-30(41)23-24(31(39)42)26(35)28(37)27(36)25(23)34/h4-12,15,20H,3,13-14H2,1-2H3,(H,38,40)/t20-/m1/s1. The van der Waals surface area contributed by atoms with Crippen molar-refractivity contribution in [1.29, 1.82) is 0 Å². The van der Waals surface area contributed by atoms with Gasteiger partial charge in [0.15, 0.2) is 6.61 Å². The maximum absolute atomic E-state index is 13.6. The lowest BCUT2D eigenvalue weighted by Gasteiger charge is -2.24. The highest BCUT2D eigenvalue weighted by Crippen LogP contribution is 2.45.